The molecule has 0 aliphatic heterocycles. The first-order valence-corrected chi connectivity index (χ1v) is 22.6. The van der Waals surface area contributed by atoms with Crippen molar-refractivity contribution in [3.8, 4) is 77.9 Å². The van der Waals surface area contributed by atoms with Crippen LogP contribution in [-0.4, -0.2) is 0 Å². The van der Waals surface area contributed by atoms with Gasteiger partial charge in [-0.05, 0) is 156 Å². The Labute approximate surface area is 381 Å². The summed E-state index contributed by atoms with van der Waals surface area (Å²) in [6, 6.07) is 87.2. The summed E-state index contributed by atoms with van der Waals surface area (Å²) in [7, 11) is 0. The average Bonchev–Trinajstić information content (AvgIpc) is 3.69. The summed E-state index contributed by atoms with van der Waals surface area (Å²) in [5.74, 6) is 0. The highest BCUT2D eigenvalue weighted by molar-refractivity contribution is 6.28. The SMILES string of the molecule is Cc1cccc(-c2cc(-c3cccc(C)c3)cc(N(c3ccccc3)c3ccc(-c4ccc5c6c(cccc46)-c4c-5c(-c5ccccc5)c5ccccc5c4-c4ccccc4)cc3)c2)c1. The predicted molar refractivity (Wildman–Crippen MR) is 277 cm³/mol. The topological polar surface area (TPSA) is 3.24 Å². The van der Waals surface area contributed by atoms with Gasteiger partial charge in [-0.3, -0.25) is 0 Å². The lowest BCUT2D eigenvalue weighted by Crippen LogP contribution is -2.10. The second kappa shape index (κ2) is 15.8. The number of nitrogens with zero attached hydrogens (tertiary/aromatic N) is 1. The van der Waals surface area contributed by atoms with Gasteiger partial charge in [0, 0.05) is 17.1 Å². The van der Waals surface area contributed by atoms with Crippen LogP contribution in [0.15, 0.2) is 237 Å². The van der Waals surface area contributed by atoms with Crippen LogP contribution in [0.4, 0.5) is 17.1 Å². The number of aryl methyl sites for hydroxylation is 2. The maximum atomic E-state index is 2.40. The van der Waals surface area contributed by atoms with E-state index in [0.717, 1.165) is 17.1 Å². The monoisotopic (exact) mass is 827 g/mol. The number of para-hydroxylation sites is 1. The van der Waals surface area contributed by atoms with Gasteiger partial charge in [-0.25, -0.2) is 0 Å². The summed E-state index contributed by atoms with van der Waals surface area (Å²) >= 11 is 0. The Bertz CT molecular complexity index is 3430. The molecule has 0 atom stereocenters. The van der Waals surface area contributed by atoms with Crippen molar-refractivity contribution >= 4 is 38.6 Å². The normalized spacial score (nSPS) is 11.5. The molecule has 0 saturated heterocycles. The minimum absolute atomic E-state index is 1.10. The molecule has 0 spiro atoms. The van der Waals surface area contributed by atoms with Crippen molar-refractivity contribution < 1.29 is 0 Å². The molecule has 0 aromatic heterocycles. The third-order valence-corrected chi connectivity index (χ3v) is 13.2. The first-order valence-electron chi connectivity index (χ1n) is 22.6. The Morgan fingerprint density at radius 1 is 0.246 bits per heavy atom. The van der Waals surface area contributed by atoms with Gasteiger partial charge in [0.25, 0.3) is 0 Å². The number of anilines is 3. The Hall–Kier alpha value is -8.26. The van der Waals surface area contributed by atoms with E-state index in [1.807, 2.05) is 0 Å². The van der Waals surface area contributed by atoms with Crippen molar-refractivity contribution in [1.82, 2.24) is 0 Å². The van der Waals surface area contributed by atoms with Crippen LogP contribution in [0.2, 0.25) is 0 Å². The van der Waals surface area contributed by atoms with Gasteiger partial charge in [-0.2, -0.15) is 0 Å². The zero-order chi connectivity index (χ0) is 43.4. The third kappa shape index (κ3) is 6.64. The molecule has 11 aromatic rings. The fourth-order valence-electron chi connectivity index (χ4n) is 10.4. The van der Waals surface area contributed by atoms with Crippen LogP contribution < -0.4 is 4.90 Å². The van der Waals surface area contributed by atoms with Gasteiger partial charge in [-0.1, -0.05) is 205 Å². The molecule has 0 heterocycles. The van der Waals surface area contributed by atoms with Gasteiger partial charge in [0.05, 0.1) is 0 Å². The zero-order valence-corrected chi connectivity index (χ0v) is 36.5. The molecule has 1 heteroatoms. The molecule has 11 aromatic carbocycles. The van der Waals surface area contributed by atoms with E-state index >= 15 is 0 Å². The van der Waals surface area contributed by atoms with Crippen LogP contribution in [0.3, 0.4) is 0 Å². The maximum Gasteiger partial charge on any atom is 0.0473 e. The van der Waals surface area contributed by atoms with E-state index in [0.29, 0.717) is 0 Å². The number of hydrogen-bond donors (Lipinski definition) is 0. The third-order valence-electron chi connectivity index (χ3n) is 13.2. The Morgan fingerprint density at radius 2 is 0.692 bits per heavy atom. The number of rotatable bonds is 8. The van der Waals surface area contributed by atoms with Gasteiger partial charge < -0.3 is 4.90 Å². The van der Waals surface area contributed by atoms with Gasteiger partial charge in [0.1, 0.15) is 0 Å². The second-order valence-electron chi connectivity index (χ2n) is 17.4. The molecule has 0 amide bonds. The predicted octanol–water partition coefficient (Wildman–Crippen LogP) is 18.1. The first kappa shape index (κ1) is 38.4. The quantitative estimate of drug-likeness (QED) is 0.147. The van der Waals surface area contributed by atoms with Crippen LogP contribution >= 0.6 is 0 Å². The zero-order valence-electron chi connectivity index (χ0n) is 36.5. The van der Waals surface area contributed by atoms with E-state index in [9.17, 15) is 0 Å². The van der Waals surface area contributed by atoms with Gasteiger partial charge in [-0.15, -0.1) is 0 Å². The second-order valence-corrected chi connectivity index (χ2v) is 17.4. The van der Waals surface area contributed by atoms with Gasteiger partial charge in [0.15, 0.2) is 0 Å². The first-order chi connectivity index (χ1) is 32.1. The molecule has 1 aliphatic rings. The fraction of sp³-hybridized carbons (Fsp3) is 0.0312. The standard InChI is InChI=1S/C64H45N/c1-42-17-14-23-47(37-42)49-39-50(48-24-15-18-43(2)38-48)41-53(40-49)65(51-25-10-5-11-26-51)52-33-31-44(32-34-52)54-35-36-59-62-55(54)29-16-30-58(62)63-60(45-19-6-3-7-20-45)56-27-12-13-28-57(56)61(64(59)63)46-21-8-4-9-22-46/h3-41H,1-2H3. The van der Waals surface area contributed by atoms with Crippen molar-refractivity contribution in [3.05, 3.63) is 248 Å². The molecule has 0 fully saturated rings. The molecule has 306 valence electrons. The average molecular weight is 828 g/mol. The van der Waals surface area contributed by atoms with E-state index in [1.165, 1.54) is 111 Å². The lowest BCUT2D eigenvalue weighted by Gasteiger charge is -2.27. The molecule has 0 radical (unpaired) electrons. The summed E-state index contributed by atoms with van der Waals surface area (Å²) in [5.41, 5.74) is 23.3. The van der Waals surface area contributed by atoms with Crippen LogP contribution in [0, 0.1) is 13.8 Å². The van der Waals surface area contributed by atoms with Crippen LogP contribution in [-0.2, 0) is 0 Å². The van der Waals surface area contributed by atoms with Gasteiger partial charge >= 0.3 is 0 Å². The summed E-state index contributed by atoms with van der Waals surface area (Å²) in [6.45, 7) is 4.33. The highest BCUT2D eigenvalue weighted by atomic mass is 15.1. The van der Waals surface area contributed by atoms with E-state index in [4.69, 9.17) is 0 Å². The molecule has 1 aliphatic carbocycles. The van der Waals surface area contributed by atoms with Gasteiger partial charge in [0.2, 0.25) is 0 Å². The molecule has 65 heavy (non-hydrogen) atoms. The highest BCUT2D eigenvalue weighted by Crippen LogP contribution is 2.58. The van der Waals surface area contributed by atoms with Crippen LogP contribution in [0.25, 0.3) is 99.4 Å². The molecule has 0 N–H and O–H groups in total. The lowest BCUT2D eigenvalue weighted by atomic mass is 9.82. The lowest BCUT2D eigenvalue weighted by molar-refractivity contribution is 1.28. The van der Waals surface area contributed by atoms with Crippen molar-refractivity contribution in [2.75, 3.05) is 4.90 Å². The minimum atomic E-state index is 1.10. The summed E-state index contributed by atoms with van der Waals surface area (Å²) < 4.78 is 0. The number of fused-ring (bicyclic) bond motifs is 4. The molecular formula is C64H45N. The van der Waals surface area contributed by atoms with E-state index < -0.39 is 0 Å². The molecule has 0 saturated carbocycles. The Kier molecular flexibility index (Phi) is 9.35. The smallest absolute Gasteiger partial charge is 0.0473 e. The van der Waals surface area contributed by atoms with Crippen molar-refractivity contribution in [2.24, 2.45) is 0 Å². The number of benzene rings is 11. The van der Waals surface area contributed by atoms with E-state index in [2.05, 4.69) is 255 Å². The summed E-state index contributed by atoms with van der Waals surface area (Å²) in [6.07, 6.45) is 0. The molecule has 0 bridgehead atoms. The van der Waals surface area contributed by atoms with Crippen molar-refractivity contribution in [2.45, 2.75) is 13.8 Å². The van der Waals surface area contributed by atoms with Crippen LogP contribution in [0.5, 0.6) is 0 Å². The fourth-order valence-corrected chi connectivity index (χ4v) is 10.4. The largest absolute Gasteiger partial charge is 0.310 e. The number of hydrogen-bond acceptors (Lipinski definition) is 1. The van der Waals surface area contributed by atoms with Crippen LogP contribution in [0.1, 0.15) is 11.1 Å². The van der Waals surface area contributed by atoms with E-state index in [1.54, 1.807) is 0 Å². The Balaban J connectivity index is 1.03. The molecule has 0 unspecified atom stereocenters. The molecular weight excluding hydrogens is 783 g/mol. The van der Waals surface area contributed by atoms with E-state index in [-0.39, 0.29) is 0 Å². The maximum absolute atomic E-state index is 2.40. The highest BCUT2D eigenvalue weighted by Gasteiger charge is 2.31. The van der Waals surface area contributed by atoms with Crippen molar-refractivity contribution in [3.63, 3.8) is 0 Å². The summed E-state index contributed by atoms with van der Waals surface area (Å²) in [4.78, 5) is 2.40. The molecule has 12 rings (SSSR count). The Morgan fingerprint density at radius 3 is 1.25 bits per heavy atom. The van der Waals surface area contributed by atoms with Crippen molar-refractivity contribution in [1.29, 1.82) is 0 Å². The summed E-state index contributed by atoms with van der Waals surface area (Å²) in [5, 5.41) is 5.13. The molecule has 1 nitrogen and oxygen atoms in total. The minimum Gasteiger partial charge on any atom is -0.310 e.